The third-order valence-electron chi connectivity index (χ3n) is 3.00. The van der Waals surface area contributed by atoms with E-state index in [9.17, 15) is 13.6 Å². The first-order valence-corrected chi connectivity index (χ1v) is 6.34. The van der Waals surface area contributed by atoms with Crippen LogP contribution in [0.2, 0.25) is 0 Å². The summed E-state index contributed by atoms with van der Waals surface area (Å²) in [6, 6.07) is 9.54. The van der Waals surface area contributed by atoms with Gasteiger partial charge in [0.2, 0.25) is 0 Å². The summed E-state index contributed by atoms with van der Waals surface area (Å²) in [5.41, 5.74) is 6.21. The molecule has 1 atom stereocenters. The van der Waals surface area contributed by atoms with Crippen molar-refractivity contribution >= 4 is 17.4 Å². The van der Waals surface area contributed by atoms with Crippen LogP contribution < -0.4 is 16.4 Å². The number of nitrogens with one attached hydrogen (secondary N) is 2. The first-order valence-electron chi connectivity index (χ1n) is 6.34. The van der Waals surface area contributed by atoms with Gasteiger partial charge in [0.15, 0.2) is 0 Å². The zero-order valence-corrected chi connectivity index (χ0v) is 11.4. The monoisotopic (exact) mass is 291 g/mol. The lowest BCUT2D eigenvalue weighted by molar-refractivity contribution is 0.259. The van der Waals surface area contributed by atoms with Crippen molar-refractivity contribution < 1.29 is 13.6 Å². The molecule has 21 heavy (non-hydrogen) atoms. The lowest BCUT2D eigenvalue weighted by Gasteiger charge is -2.17. The van der Waals surface area contributed by atoms with Crippen molar-refractivity contribution in [2.24, 2.45) is 5.73 Å². The quantitative estimate of drug-likeness (QED) is 0.805. The van der Waals surface area contributed by atoms with Gasteiger partial charge in [0.05, 0.1) is 0 Å². The van der Waals surface area contributed by atoms with Crippen LogP contribution in [0.3, 0.4) is 0 Å². The largest absolute Gasteiger partial charge is 0.374 e. The molecule has 0 spiro atoms. The maximum Gasteiger partial charge on any atom is 0.316 e. The van der Waals surface area contributed by atoms with E-state index in [1.807, 2.05) is 0 Å². The van der Waals surface area contributed by atoms with Crippen molar-refractivity contribution in [3.05, 3.63) is 59.7 Å². The van der Waals surface area contributed by atoms with Gasteiger partial charge in [0.25, 0.3) is 0 Å². The van der Waals surface area contributed by atoms with E-state index in [1.165, 1.54) is 18.2 Å². The van der Waals surface area contributed by atoms with Crippen LogP contribution in [0.4, 0.5) is 25.0 Å². The standard InChI is InChI=1S/C15H15F2N3O/c1-9(19-14-12(16)3-2-4-13(14)17)10-5-7-11(8-6-10)20-15(18)21/h2-9,19H,1H3,(H3,18,20,21). The molecule has 2 aromatic rings. The van der Waals surface area contributed by atoms with E-state index in [0.717, 1.165) is 5.56 Å². The predicted molar refractivity (Wildman–Crippen MR) is 78.0 cm³/mol. The second-order valence-electron chi connectivity index (χ2n) is 4.57. The van der Waals surface area contributed by atoms with Crippen molar-refractivity contribution in [1.82, 2.24) is 0 Å². The first-order chi connectivity index (χ1) is 9.97. The zero-order chi connectivity index (χ0) is 15.4. The zero-order valence-electron chi connectivity index (χ0n) is 11.4. The summed E-state index contributed by atoms with van der Waals surface area (Å²) in [5, 5.41) is 5.23. The molecular formula is C15H15F2N3O. The van der Waals surface area contributed by atoms with Crippen molar-refractivity contribution in [2.45, 2.75) is 13.0 Å². The fraction of sp³-hybridized carbons (Fsp3) is 0.133. The van der Waals surface area contributed by atoms with Crippen molar-refractivity contribution in [3.63, 3.8) is 0 Å². The highest BCUT2D eigenvalue weighted by Crippen LogP contribution is 2.25. The fourth-order valence-corrected chi connectivity index (χ4v) is 1.93. The molecule has 0 saturated heterocycles. The summed E-state index contributed by atoms with van der Waals surface area (Å²) in [6.07, 6.45) is 0. The van der Waals surface area contributed by atoms with Crippen LogP contribution in [0.5, 0.6) is 0 Å². The molecule has 0 aliphatic heterocycles. The summed E-state index contributed by atoms with van der Waals surface area (Å²) < 4.78 is 27.1. The van der Waals surface area contributed by atoms with E-state index in [-0.39, 0.29) is 11.7 Å². The molecule has 0 radical (unpaired) electrons. The number of primary amides is 1. The Hall–Kier alpha value is -2.63. The van der Waals surface area contributed by atoms with E-state index in [2.05, 4.69) is 10.6 Å². The van der Waals surface area contributed by atoms with Crippen LogP contribution in [-0.2, 0) is 0 Å². The SMILES string of the molecule is CC(Nc1c(F)cccc1F)c1ccc(NC(N)=O)cc1. The minimum absolute atomic E-state index is 0.163. The van der Waals surface area contributed by atoms with Gasteiger partial charge in [0.1, 0.15) is 17.3 Å². The molecule has 0 saturated carbocycles. The predicted octanol–water partition coefficient (Wildman–Crippen LogP) is 3.63. The minimum atomic E-state index is -0.651. The lowest BCUT2D eigenvalue weighted by atomic mass is 10.1. The molecular weight excluding hydrogens is 276 g/mol. The number of carbonyl (C=O) groups is 1. The van der Waals surface area contributed by atoms with E-state index in [0.29, 0.717) is 5.69 Å². The molecule has 2 amide bonds. The number of hydrogen-bond donors (Lipinski definition) is 3. The number of anilines is 2. The number of para-hydroxylation sites is 1. The number of carbonyl (C=O) groups excluding carboxylic acids is 1. The average molecular weight is 291 g/mol. The number of halogens is 2. The second kappa shape index (κ2) is 6.21. The van der Waals surface area contributed by atoms with Crippen LogP contribution in [0.25, 0.3) is 0 Å². The maximum absolute atomic E-state index is 13.6. The Balaban J connectivity index is 2.13. The summed E-state index contributed by atoms with van der Waals surface area (Å²) in [7, 11) is 0. The van der Waals surface area contributed by atoms with Crippen molar-refractivity contribution in [2.75, 3.05) is 10.6 Å². The Morgan fingerprint density at radius 3 is 2.19 bits per heavy atom. The Kier molecular flexibility index (Phi) is 4.37. The van der Waals surface area contributed by atoms with Gasteiger partial charge < -0.3 is 16.4 Å². The molecule has 4 nitrogen and oxygen atoms in total. The topological polar surface area (TPSA) is 67.2 Å². The van der Waals surface area contributed by atoms with Gasteiger partial charge in [-0.15, -0.1) is 0 Å². The number of hydrogen-bond acceptors (Lipinski definition) is 2. The Labute approximate surface area is 121 Å². The van der Waals surface area contributed by atoms with Crippen LogP contribution in [-0.4, -0.2) is 6.03 Å². The Morgan fingerprint density at radius 1 is 1.10 bits per heavy atom. The minimum Gasteiger partial charge on any atom is -0.374 e. The molecule has 2 rings (SSSR count). The Morgan fingerprint density at radius 2 is 1.67 bits per heavy atom. The molecule has 0 aliphatic rings. The summed E-state index contributed by atoms with van der Waals surface area (Å²) in [6.45, 7) is 1.78. The van der Waals surface area contributed by atoms with Gasteiger partial charge in [-0.3, -0.25) is 0 Å². The fourth-order valence-electron chi connectivity index (χ4n) is 1.93. The first kappa shape index (κ1) is 14.8. The van der Waals surface area contributed by atoms with Gasteiger partial charge in [-0.05, 0) is 36.8 Å². The van der Waals surface area contributed by atoms with E-state index >= 15 is 0 Å². The third kappa shape index (κ3) is 3.68. The van der Waals surface area contributed by atoms with Crippen molar-refractivity contribution in [3.8, 4) is 0 Å². The van der Waals surface area contributed by atoms with Gasteiger partial charge in [-0.25, -0.2) is 13.6 Å². The molecule has 0 aliphatic carbocycles. The molecule has 4 N–H and O–H groups in total. The van der Waals surface area contributed by atoms with Crippen LogP contribution in [0.1, 0.15) is 18.5 Å². The summed E-state index contributed by atoms with van der Waals surface area (Å²) >= 11 is 0. The normalized spacial score (nSPS) is 11.8. The molecule has 0 bridgehead atoms. The molecule has 0 fully saturated rings. The number of benzene rings is 2. The summed E-state index contributed by atoms with van der Waals surface area (Å²) in [4.78, 5) is 10.7. The van der Waals surface area contributed by atoms with Gasteiger partial charge in [0, 0.05) is 11.7 Å². The molecule has 0 heterocycles. The molecule has 1 unspecified atom stereocenters. The molecule has 110 valence electrons. The van der Waals surface area contributed by atoms with Gasteiger partial charge in [-0.2, -0.15) is 0 Å². The molecule has 2 aromatic carbocycles. The van der Waals surface area contributed by atoms with Gasteiger partial charge in [-0.1, -0.05) is 18.2 Å². The maximum atomic E-state index is 13.6. The number of urea groups is 1. The average Bonchev–Trinajstić information content (AvgIpc) is 2.43. The van der Waals surface area contributed by atoms with E-state index in [4.69, 9.17) is 5.73 Å². The van der Waals surface area contributed by atoms with E-state index in [1.54, 1.807) is 31.2 Å². The second-order valence-corrected chi connectivity index (χ2v) is 4.57. The lowest BCUT2D eigenvalue weighted by Crippen LogP contribution is -2.19. The molecule has 0 aromatic heterocycles. The van der Waals surface area contributed by atoms with E-state index < -0.39 is 17.7 Å². The highest BCUT2D eigenvalue weighted by Gasteiger charge is 2.12. The Bertz CT molecular complexity index is 624. The summed E-state index contributed by atoms with van der Waals surface area (Å²) in [5.74, 6) is -1.29. The van der Waals surface area contributed by atoms with Gasteiger partial charge >= 0.3 is 6.03 Å². The van der Waals surface area contributed by atoms with Crippen LogP contribution >= 0.6 is 0 Å². The number of rotatable bonds is 4. The number of amides is 2. The van der Waals surface area contributed by atoms with Crippen molar-refractivity contribution in [1.29, 1.82) is 0 Å². The third-order valence-corrected chi connectivity index (χ3v) is 3.00. The number of nitrogens with two attached hydrogens (primary N) is 1. The highest BCUT2D eigenvalue weighted by molar-refractivity contribution is 5.87. The highest BCUT2D eigenvalue weighted by atomic mass is 19.1. The van der Waals surface area contributed by atoms with Crippen LogP contribution in [0.15, 0.2) is 42.5 Å². The smallest absolute Gasteiger partial charge is 0.316 e. The van der Waals surface area contributed by atoms with Crippen LogP contribution in [0, 0.1) is 11.6 Å². The molecule has 6 heteroatoms.